The Balaban J connectivity index is 2.17. The largest absolute Gasteiger partial charge is 0.494 e. The molecule has 1 atom stereocenters. The van der Waals surface area contributed by atoms with Gasteiger partial charge in [-0.3, -0.25) is 4.98 Å². The SMILES string of the molecule is COc1ccc(CC(O)c2cccnc2C)cc1F. The summed E-state index contributed by atoms with van der Waals surface area (Å²) in [6.07, 6.45) is 1.33. The molecule has 1 aromatic carbocycles. The molecule has 1 unspecified atom stereocenters. The Morgan fingerprint density at radius 3 is 2.79 bits per heavy atom. The highest BCUT2D eigenvalue weighted by molar-refractivity contribution is 5.31. The molecule has 1 N–H and O–H groups in total. The molecule has 100 valence electrons. The van der Waals surface area contributed by atoms with Gasteiger partial charge < -0.3 is 9.84 Å². The molecule has 3 nitrogen and oxygen atoms in total. The molecule has 0 aliphatic carbocycles. The van der Waals surface area contributed by atoms with E-state index in [1.165, 1.54) is 13.2 Å². The Morgan fingerprint density at radius 1 is 1.37 bits per heavy atom. The summed E-state index contributed by atoms with van der Waals surface area (Å²) < 4.78 is 18.4. The molecule has 0 saturated heterocycles. The van der Waals surface area contributed by atoms with Crippen molar-refractivity contribution in [3.8, 4) is 5.75 Å². The van der Waals surface area contributed by atoms with Crippen LogP contribution in [0.15, 0.2) is 36.5 Å². The van der Waals surface area contributed by atoms with E-state index < -0.39 is 11.9 Å². The van der Waals surface area contributed by atoms with Crippen molar-refractivity contribution in [1.29, 1.82) is 0 Å². The zero-order chi connectivity index (χ0) is 13.8. The number of rotatable bonds is 4. The number of methoxy groups -OCH3 is 1. The van der Waals surface area contributed by atoms with Gasteiger partial charge in [-0.2, -0.15) is 0 Å². The maximum Gasteiger partial charge on any atom is 0.165 e. The van der Waals surface area contributed by atoms with Crippen LogP contribution in [0, 0.1) is 12.7 Å². The van der Waals surface area contributed by atoms with E-state index in [1.54, 1.807) is 24.4 Å². The second-order valence-corrected chi connectivity index (χ2v) is 4.37. The lowest BCUT2D eigenvalue weighted by atomic mass is 10.0. The van der Waals surface area contributed by atoms with Crippen molar-refractivity contribution in [2.24, 2.45) is 0 Å². The number of aliphatic hydroxyl groups is 1. The van der Waals surface area contributed by atoms with E-state index in [2.05, 4.69) is 4.98 Å². The summed E-state index contributed by atoms with van der Waals surface area (Å²) in [5, 5.41) is 10.2. The number of aromatic nitrogens is 1. The third-order valence-electron chi connectivity index (χ3n) is 3.05. The number of halogens is 1. The topological polar surface area (TPSA) is 42.4 Å². The first kappa shape index (κ1) is 13.5. The molecular formula is C15H16FNO2. The number of hydrogen-bond donors (Lipinski definition) is 1. The van der Waals surface area contributed by atoms with E-state index in [0.717, 1.165) is 11.3 Å². The standard InChI is InChI=1S/C15H16FNO2/c1-10-12(4-3-7-17-10)14(18)9-11-5-6-15(19-2)13(16)8-11/h3-8,14,18H,9H2,1-2H3. The van der Waals surface area contributed by atoms with Crippen molar-refractivity contribution in [3.63, 3.8) is 0 Å². The van der Waals surface area contributed by atoms with Crippen LogP contribution in [-0.4, -0.2) is 17.2 Å². The molecule has 0 spiro atoms. The molecule has 0 fully saturated rings. The fourth-order valence-electron chi connectivity index (χ4n) is 2.02. The van der Waals surface area contributed by atoms with Gasteiger partial charge in [0.1, 0.15) is 0 Å². The summed E-state index contributed by atoms with van der Waals surface area (Å²) in [4.78, 5) is 4.13. The summed E-state index contributed by atoms with van der Waals surface area (Å²) in [5.74, 6) is -0.217. The Morgan fingerprint density at radius 2 is 2.16 bits per heavy atom. The van der Waals surface area contributed by atoms with Crippen LogP contribution in [0.2, 0.25) is 0 Å². The lowest BCUT2D eigenvalue weighted by Crippen LogP contribution is -2.05. The zero-order valence-corrected chi connectivity index (χ0v) is 10.9. The quantitative estimate of drug-likeness (QED) is 0.920. The van der Waals surface area contributed by atoms with E-state index in [-0.39, 0.29) is 5.75 Å². The normalized spacial score (nSPS) is 12.2. The Bertz CT molecular complexity index is 572. The molecular weight excluding hydrogens is 245 g/mol. The maximum absolute atomic E-state index is 13.6. The first-order valence-corrected chi connectivity index (χ1v) is 6.04. The summed E-state index contributed by atoms with van der Waals surface area (Å²) in [5.41, 5.74) is 2.26. The molecule has 0 radical (unpaired) electrons. The maximum atomic E-state index is 13.6. The van der Waals surface area contributed by atoms with Crippen LogP contribution in [0.1, 0.15) is 22.9 Å². The van der Waals surface area contributed by atoms with Crippen molar-refractivity contribution >= 4 is 0 Å². The molecule has 0 bridgehead atoms. The van der Waals surface area contributed by atoms with Crippen molar-refractivity contribution in [1.82, 2.24) is 4.98 Å². The van der Waals surface area contributed by atoms with Crippen molar-refractivity contribution in [3.05, 3.63) is 59.2 Å². The van der Waals surface area contributed by atoms with Gasteiger partial charge in [0, 0.05) is 23.9 Å². The third-order valence-corrected chi connectivity index (χ3v) is 3.05. The molecule has 0 saturated carbocycles. The number of hydrogen-bond acceptors (Lipinski definition) is 3. The number of aryl methyl sites for hydroxylation is 1. The molecule has 1 aromatic heterocycles. The van der Waals surface area contributed by atoms with E-state index in [9.17, 15) is 9.50 Å². The number of aliphatic hydroxyl groups excluding tert-OH is 1. The fourth-order valence-corrected chi connectivity index (χ4v) is 2.02. The van der Waals surface area contributed by atoms with Gasteiger partial charge in [0.05, 0.1) is 13.2 Å². The van der Waals surface area contributed by atoms with Gasteiger partial charge in [-0.15, -0.1) is 0 Å². The van der Waals surface area contributed by atoms with Crippen molar-refractivity contribution in [2.45, 2.75) is 19.4 Å². The minimum atomic E-state index is -0.693. The molecule has 1 heterocycles. The summed E-state index contributed by atoms with van der Waals surface area (Å²) in [6, 6.07) is 8.30. The molecule has 0 aliphatic rings. The lowest BCUT2D eigenvalue weighted by Gasteiger charge is -2.13. The predicted molar refractivity (Wildman–Crippen MR) is 70.6 cm³/mol. The zero-order valence-electron chi connectivity index (χ0n) is 10.9. The summed E-state index contributed by atoms with van der Waals surface area (Å²) >= 11 is 0. The van der Waals surface area contributed by atoms with Crippen LogP contribution in [0.3, 0.4) is 0 Å². The van der Waals surface area contributed by atoms with Crippen LogP contribution >= 0.6 is 0 Å². The van der Waals surface area contributed by atoms with Gasteiger partial charge in [-0.05, 0) is 30.7 Å². The number of benzene rings is 1. The van der Waals surface area contributed by atoms with Gasteiger partial charge in [0.15, 0.2) is 11.6 Å². The first-order valence-electron chi connectivity index (χ1n) is 6.04. The fraction of sp³-hybridized carbons (Fsp3) is 0.267. The molecule has 0 amide bonds. The first-order chi connectivity index (χ1) is 9.11. The van der Waals surface area contributed by atoms with Crippen LogP contribution in [0.5, 0.6) is 5.75 Å². The van der Waals surface area contributed by atoms with Crippen LogP contribution < -0.4 is 4.74 Å². The average Bonchev–Trinajstić information content (AvgIpc) is 2.39. The third kappa shape index (κ3) is 3.09. The molecule has 2 rings (SSSR count). The van der Waals surface area contributed by atoms with Crippen molar-refractivity contribution < 1.29 is 14.2 Å². The number of pyridine rings is 1. The minimum absolute atomic E-state index is 0.204. The Kier molecular flexibility index (Phi) is 4.12. The monoisotopic (exact) mass is 261 g/mol. The minimum Gasteiger partial charge on any atom is -0.494 e. The van der Waals surface area contributed by atoms with Gasteiger partial charge in [0.2, 0.25) is 0 Å². The highest BCUT2D eigenvalue weighted by atomic mass is 19.1. The van der Waals surface area contributed by atoms with Crippen molar-refractivity contribution in [2.75, 3.05) is 7.11 Å². The Labute approximate surface area is 111 Å². The highest BCUT2D eigenvalue weighted by Gasteiger charge is 2.13. The van der Waals surface area contributed by atoms with Gasteiger partial charge in [-0.1, -0.05) is 12.1 Å². The van der Waals surface area contributed by atoms with Crippen LogP contribution in [0.4, 0.5) is 4.39 Å². The Hall–Kier alpha value is -1.94. The second kappa shape index (κ2) is 5.80. The smallest absolute Gasteiger partial charge is 0.165 e. The number of nitrogens with zero attached hydrogens (tertiary/aromatic N) is 1. The number of ether oxygens (including phenoxy) is 1. The van der Waals surface area contributed by atoms with E-state index in [0.29, 0.717) is 12.0 Å². The van der Waals surface area contributed by atoms with Crippen LogP contribution in [0.25, 0.3) is 0 Å². The van der Waals surface area contributed by atoms with Crippen LogP contribution in [-0.2, 0) is 6.42 Å². The van der Waals surface area contributed by atoms with Gasteiger partial charge in [0.25, 0.3) is 0 Å². The summed E-state index contributed by atoms with van der Waals surface area (Å²) in [7, 11) is 1.42. The second-order valence-electron chi connectivity index (χ2n) is 4.37. The predicted octanol–water partition coefficient (Wildman–Crippen LogP) is 2.81. The highest BCUT2D eigenvalue weighted by Crippen LogP contribution is 2.23. The van der Waals surface area contributed by atoms with Gasteiger partial charge >= 0.3 is 0 Å². The van der Waals surface area contributed by atoms with E-state index in [4.69, 9.17) is 4.74 Å². The average molecular weight is 261 g/mol. The van der Waals surface area contributed by atoms with E-state index >= 15 is 0 Å². The summed E-state index contributed by atoms with van der Waals surface area (Å²) in [6.45, 7) is 1.84. The van der Waals surface area contributed by atoms with Gasteiger partial charge in [-0.25, -0.2) is 4.39 Å². The van der Waals surface area contributed by atoms with E-state index in [1.807, 2.05) is 13.0 Å². The molecule has 0 aliphatic heterocycles. The molecule has 2 aromatic rings. The lowest BCUT2D eigenvalue weighted by molar-refractivity contribution is 0.177. The molecule has 4 heteroatoms. The molecule has 19 heavy (non-hydrogen) atoms.